The van der Waals surface area contributed by atoms with Gasteiger partial charge in [-0.2, -0.15) is 0 Å². The fourth-order valence-corrected chi connectivity index (χ4v) is 4.00. The molecule has 1 saturated carbocycles. The monoisotopic (exact) mass is 379 g/mol. The van der Waals surface area contributed by atoms with Gasteiger partial charge in [0.05, 0.1) is 5.56 Å². The molecular formula is C25H33NO2. The molecule has 150 valence electrons. The number of carbonyl (C=O) groups is 1. The van der Waals surface area contributed by atoms with Crippen LogP contribution in [0, 0.1) is 0 Å². The molecule has 0 radical (unpaired) electrons. The smallest absolute Gasteiger partial charge is 0.335 e. The standard InChI is InChI=1S/C21H21NO2.2C2H6/c23-21(24)16-11-12-17-18(13-16)22-20(15-9-5-2-6-10-15)19(17)14-7-3-1-4-8-14;2*1-2/h2,5-6,9-14,22H,1,3-4,7-8H2,(H,23,24);2*1-2H3. The summed E-state index contributed by atoms with van der Waals surface area (Å²) in [6.45, 7) is 8.00. The molecule has 3 aromatic rings. The normalized spacial score (nSPS) is 13.9. The second-order valence-electron chi connectivity index (χ2n) is 6.68. The van der Waals surface area contributed by atoms with Crippen molar-refractivity contribution < 1.29 is 9.90 Å². The number of aromatic carboxylic acids is 1. The number of benzene rings is 2. The van der Waals surface area contributed by atoms with Gasteiger partial charge in [-0.25, -0.2) is 4.79 Å². The van der Waals surface area contributed by atoms with Gasteiger partial charge in [0.15, 0.2) is 0 Å². The third-order valence-corrected chi connectivity index (χ3v) is 5.16. The van der Waals surface area contributed by atoms with Gasteiger partial charge in [0.1, 0.15) is 0 Å². The van der Waals surface area contributed by atoms with E-state index in [0.717, 1.165) is 11.2 Å². The first-order chi connectivity index (χ1) is 13.7. The highest BCUT2D eigenvalue weighted by molar-refractivity contribution is 5.97. The maximum Gasteiger partial charge on any atom is 0.335 e. The van der Waals surface area contributed by atoms with Crippen LogP contribution in [0.3, 0.4) is 0 Å². The summed E-state index contributed by atoms with van der Waals surface area (Å²) >= 11 is 0. The van der Waals surface area contributed by atoms with Gasteiger partial charge in [0.2, 0.25) is 0 Å². The van der Waals surface area contributed by atoms with Crippen LogP contribution in [0.2, 0.25) is 0 Å². The highest BCUT2D eigenvalue weighted by Crippen LogP contribution is 2.42. The minimum Gasteiger partial charge on any atom is -0.478 e. The van der Waals surface area contributed by atoms with E-state index in [0.29, 0.717) is 11.5 Å². The van der Waals surface area contributed by atoms with E-state index in [4.69, 9.17) is 0 Å². The third kappa shape index (κ3) is 4.64. The molecule has 0 bridgehead atoms. The first-order valence-corrected chi connectivity index (χ1v) is 10.7. The maximum atomic E-state index is 11.3. The molecular weight excluding hydrogens is 346 g/mol. The van der Waals surface area contributed by atoms with E-state index in [1.807, 2.05) is 52.0 Å². The van der Waals surface area contributed by atoms with Gasteiger partial charge in [-0.3, -0.25) is 0 Å². The van der Waals surface area contributed by atoms with E-state index >= 15 is 0 Å². The van der Waals surface area contributed by atoms with Crippen molar-refractivity contribution in [1.29, 1.82) is 0 Å². The summed E-state index contributed by atoms with van der Waals surface area (Å²) in [4.78, 5) is 14.8. The highest BCUT2D eigenvalue weighted by Gasteiger charge is 2.24. The second kappa shape index (κ2) is 10.7. The second-order valence-corrected chi connectivity index (χ2v) is 6.68. The van der Waals surface area contributed by atoms with Crippen molar-refractivity contribution in [2.45, 2.75) is 65.7 Å². The predicted octanol–water partition coefficient (Wildman–Crippen LogP) is 7.63. The minimum atomic E-state index is -0.882. The Bertz CT molecular complexity index is 874. The topological polar surface area (TPSA) is 53.1 Å². The SMILES string of the molecule is CC.CC.O=C(O)c1ccc2c(C3CCCCC3)c(-c3ccccc3)[nH]c2c1. The Morgan fingerprint density at radius 2 is 1.57 bits per heavy atom. The summed E-state index contributed by atoms with van der Waals surface area (Å²) in [7, 11) is 0. The number of aromatic nitrogens is 1. The molecule has 1 aromatic heterocycles. The Morgan fingerprint density at radius 1 is 0.929 bits per heavy atom. The van der Waals surface area contributed by atoms with E-state index in [-0.39, 0.29) is 0 Å². The summed E-state index contributed by atoms with van der Waals surface area (Å²) in [5, 5.41) is 10.4. The molecule has 2 aromatic carbocycles. The van der Waals surface area contributed by atoms with Gasteiger partial charge >= 0.3 is 5.97 Å². The summed E-state index contributed by atoms with van der Waals surface area (Å²) in [5.41, 5.74) is 4.95. The minimum absolute atomic E-state index is 0.332. The van der Waals surface area contributed by atoms with Crippen LogP contribution in [0.5, 0.6) is 0 Å². The molecule has 3 nitrogen and oxygen atoms in total. The van der Waals surface area contributed by atoms with Gasteiger partial charge < -0.3 is 10.1 Å². The van der Waals surface area contributed by atoms with Crippen LogP contribution in [0.4, 0.5) is 0 Å². The summed E-state index contributed by atoms with van der Waals surface area (Å²) in [6, 6.07) is 15.8. The zero-order valence-electron chi connectivity index (χ0n) is 17.6. The number of carboxylic acids is 1. The first kappa shape index (κ1) is 21.7. The third-order valence-electron chi connectivity index (χ3n) is 5.16. The van der Waals surface area contributed by atoms with Crippen LogP contribution in [0.1, 0.15) is 81.6 Å². The average Bonchev–Trinajstić information content (AvgIpc) is 3.16. The largest absolute Gasteiger partial charge is 0.478 e. The van der Waals surface area contributed by atoms with E-state index < -0.39 is 5.97 Å². The molecule has 3 heteroatoms. The van der Waals surface area contributed by atoms with Crippen molar-refractivity contribution in [1.82, 2.24) is 4.98 Å². The summed E-state index contributed by atoms with van der Waals surface area (Å²) in [6.07, 6.45) is 6.31. The summed E-state index contributed by atoms with van der Waals surface area (Å²) < 4.78 is 0. The summed E-state index contributed by atoms with van der Waals surface area (Å²) in [5.74, 6) is -0.328. The Hall–Kier alpha value is -2.55. The van der Waals surface area contributed by atoms with Crippen molar-refractivity contribution in [3.05, 3.63) is 59.7 Å². The van der Waals surface area contributed by atoms with Crippen LogP contribution < -0.4 is 0 Å². The van der Waals surface area contributed by atoms with Crippen LogP contribution in [0.25, 0.3) is 22.2 Å². The molecule has 0 atom stereocenters. The van der Waals surface area contributed by atoms with Crippen molar-refractivity contribution in [2.24, 2.45) is 0 Å². The van der Waals surface area contributed by atoms with E-state index in [1.54, 1.807) is 12.1 Å². The number of hydrogen-bond donors (Lipinski definition) is 2. The van der Waals surface area contributed by atoms with E-state index in [1.165, 1.54) is 48.6 Å². The Balaban J connectivity index is 0.000000660. The molecule has 0 saturated heterocycles. The zero-order valence-corrected chi connectivity index (χ0v) is 17.6. The number of H-pyrrole nitrogens is 1. The van der Waals surface area contributed by atoms with Gasteiger partial charge in [0.25, 0.3) is 0 Å². The average molecular weight is 380 g/mol. The maximum absolute atomic E-state index is 11.3. The quantitative estimate of drug-likeness (QED) is 0.491. The van der Waals surface area contributed by atoms with Gasteiger partial charge in [-0.05, 0) is 42.0 Å². The van der Waals surface area contributed by atoms with Gasteiger partial charge in [-0.1, -0.05) is 83.4 Å². The van der Waals surface area contributed by atoms with Crippen molar-refractivity contribution in [3.63, 3.8) is 0 Å². The van der Waals surface area contributed by atoms with Gasteiger partial charge in [0, 0.05) is 16.6 Å². The van der Waals surface area contributed by atoms with Crippen LogP contribution in [-0.4, -0.2) is 16.1 Å². The lowest BCUT2D eigenvalue weighted by molar-refractivity contribution is 0.0697. The van der Waals surface area contributed by atoms with Crippen LogP contribution in [-0.2, 0) is 0 Å². The van der Waals surface area contributed by atoms with E-state index in [2.05, 4.69) is 17.1 Å². The van der Waals surface area contributed by atoms with E-state index in [9.17, 15) is 9.90 Å². The fraction of sp³-hybridized carbons (Fsp3) is 0.400. The Kier molecular flexibility index (Phi) is 8.31. The van der Waals surface area contributed by atoms with Crippen LogP contribution in [0.15, 0.2) is 48.5 Å². The predicted molar refractivity (Wildman–Crippen MR) is 119 cm³/mol. The lowest BCUT2D eigenvalue weighted by Crippen LogP contribution is -2.05. The van der Waals surface area contributed by atoms with Crippen LogP contribution >= 0.6 is 0 Å². The first-order valence-electron chi connectivity index (χ1n) is 10.7. The Labute approximate surface area is 168 Å². The molecule has 1 fully saturated rings. The number of rotatable bonds is 3. The molecule has 1 aliphatic rings. The number of hydrogen-bond acceptors (Lipinski definition) is 1. The number of fused-ring (bicyclic) bond motifs is 1. The lowest BCUT2D eigenvalue weighted by atomic mass is 9.82. The van der Waals surface area contributed by atoms with Gasteiger partial charge in [-0.15, -0.1) is 0 Å². The van der Waals surface area contributed by atoms with Crippen molar-refractivity contribution in [3.8, 4) is 11.3 Å². The zero-order chi connectivity index (χ0) is 20.5. The number of aromatic amines is 1. The van der Waals surface area contributed by atoms with Crippen molar-refractivity contribution >= 4 is 16.9 Å². The molecule has 2 N–H and O–H groups in total. The highest BCUT2D eigenvalue weighted by atomic mass is 16.4. The molecule has 0 amide bonds. The number of carboxylic acid groups (broad SMARTS) is 1. The molecule has 4 rings (SSSR count). The molecule has 0 unspecified atom stereocenters. The molecule has 1 aliphatic carbocycles. The lowest BCUT2D eigenvalue weighted by Gasteiger charge is -2.23. The molecule has 28 heavy (non-hydrogen) atoms. The Morgan fingerprint density at radius 3 is 2.18 bits per heavy atom. The molecule has 0 aliphatic heterocycles. The van der Waals surface area contributed by atoms with Crippen molar-refractivity contribution in [2.75, 3.05) is 0 Å². The fourth-order valence-electron chi connectivity index (χ4n) is 4.00. The number of nitrogens with one attached hydrogen (secondary N) is 1. The molecule has 0 spiro atoms. The molecule has 1 heterocycles.